The van der Waals surface area contributed by atoms with Crippen LogP contribution in [0.2, 0.25) is 0 Å². The maximum Gasteiger partial charge on any atom is 0.261 e. The fraction of sp³-hybridized carbons (Fsp3) is 0.267. The van der Waals surface area contributed by atoms with Gasteiger partial charge in [0.2, 0.25) is 5.95 Å². The molecule has 0 spiro atoms. The van der Waals surface area contributed by atoms with Gasteiger partial charge in [-0.15, -0.1) is 0 Å². The molecular weight excluding hydrogens is 254 g/mol. The molecule has 0 aliphatic rings. The molecular formula is C15H17N3O2. The first kappa shape index (κ1) is 14.0. The molecule has 20 heavy (non-hydrogen) atoms. The Morgan fingerprint density at radius 3 is 2.50 bits per heavy atom. The Kier molecular flexibility index (Phi) is 4.30. The van der Waals surface area contributed by atoms with Gasteiger partial charge in [-0.25, -0.2) is 9.97 Å². The van der Waals surface area contributed by atoms with Crippen LogP contribution >= 0.6 is 0 Å². The largest absolute Gasteiger partial charge is 0.490 e. The number of rotatable bonds is 4. The average Bonchev–Trinajstić information content (AvgIpc) is 2.41. The van der Waals surface area contributed by atoms with Crippen LogP contribution in [0.1, 0.15) is 29.8 Å². The Bertz CT molecular complexity index is 594. The minimum absolute atomic E-state index is 0.000394. The molecule has 1 aromatic heterocycles. The third-order valence-corrected chi connectivity index (χ3v) is 2.50. The van der Waals surface area contributed by atoms with Gasteiger partial charge >= 0.3 is 0 Å². The zero-order chi connectivity index (χ0) is 14.5. The van der Waals surface area contributed by atoms with Crippen LogP contribution in [-0.4, -0.2) is 22.0 Å². The second kappa shape index (κ2) is 6.14. The van der Waals surface area contributed by atoms with Crippen LogP contribution < -0.4 is 10.1 Å². The van der Waals surface area contributed by atoms with Crippen molar-refractivity contribution in [3.8, 4) is 5.75 Å². The predicted molar refractivity (Wildman–Crippen MR) is 76.9 cm³/mol. The van der Waals surface area contributed by atoms with Crippen molar-refractivity contribution >= 4 is 11.9 Å². The highest BCUT2D eigenvalue weighted by molar-refractivity contribution is 6.05. The minimum atomic E-state index is -0.287. The van der Waals surface area contributed by atoms with Crippen LogP contribution in [0.4, 0.5) is 5.95 Å². The van der Waals surface area contributed by atoms with Gasteiger partial charge in [-0.3, -0.25) is 10.1 Å². The summed E-state index contributed by atoms with van der Waals surface area (Å²) in [6, 6.07) is 7.10. The molecule has 0 aliphatic heterocycles. The molecule has 0 saturated carbocycles. The van der Waals surface area contributed by atoms with Crippen molar-refractivity contribution in [2.45, 2.75) is 26.9 Å². The van der Waals surface area contributed by atoms with Crippen molar-refractivity contribution in [3.05, 3.63) is 47.8 Å². The van der Waals surface area contributed by atoms with Crippen molar-refractivity contribution < 1.29 is 9.53 Å². The first-order valence-corrected chi connectivity index (χ1v) is 6.42. The van der Waals surface area contributed by atoms with E-state index in [4.69, 9.17) is 4.74 Å². The number of aromatic nitrogens is 2. The Labute approximate surface area is 118 Å². The van der Waals surface area contributed by atoms with Gasteiger partial charge in [-0.2, -0.15) is 0 Å². The third kappa shape index (κ3) is 3.54. The van der Waals surface area contributed by atoms with Crippen molar-refractivity contribution in [1.82, 2.24) is 9.97 Å². The maximum absolute atomic E-state index is 12.2. The highest BCUT2D eigenvalue weighted by atomic mass is 16.5. The van der Waals surface area contributed by atoms with Crippen LogP contribution in [0.15, 0.2) is 36.7 Å². The van der Waals surface area contributed by atoms with Gasteiger partial charge in [0.05, 0.1) is 11.7 Å². The number of para-hydroxylation sites is 1. The van der Waals surface area contributed by atoms with E-state index in [1.54, 1.807) is 30.6 Å². The van der Waals surface area contributed by atoms with E-state index in [2.05, 4.69) is 15.3 Å². The molecule has 0 unspecified atom stereocenters. The Balaban J connectivity index is 2.18. The number of carbonyl (C=O) groups is 1. The molecule has 2 rings (SSSR count). The van der Waals surface area contributed by atoms with E-state index < -0.39 is 0 Å². The molecule has 0 aliphatic carbocycles. The number of carbonyl (C=O) groups excluding carboxylic acids is 1. The summed E-state index contributed by atoms with van der Waals surface area (Å²) in [5, 5.41) is 2.66. The van der Waals surface area contributed by atoms with E-state index in [0.29, 0.717) is 11.3 Å². The smallest absolute Gasteiger partial charge is 0.261 e. The predicted octanol–water partition coefficient (Wildman–Crippen LogP) is 2.82. The van der Waals surface area contributed by atoms with E-state index in [0.717, 1.165) is 5.56 Å². The first-order valence-electron chi connectivity index (χ1n) is 6.42. The number of hydrogen-bond donors (Lipinski definition) is 1. The number of anilines is 1. The standard InChI is InChI=1S/C15H17N3O2/c1-10(2)20-13-7-5-4-6-12(13)14(19)18-15-16-8-11(3)9-17-15/h4-10H,1-3H3,(H,16,17,18,19). The summed E-state index contributed by atoms with van der Waals surface area (Å²) in [5.74, 6) is 0.539. The zero-order valence-corrected chi connectivity index (χ0v) is 11.8. The summed E-state index contributed by atoms with van der Waals surface area (Å²) in [5.41, 5.74) is 1.40. The molecule has 1 N–H and O–H groups in total. The quantitative estimate of drug-likeness (QED) is 0.928. The number of amides is 1. The number of ether oxygens (including phenoxy) is 1. The minimum Gasteiger partial charge on any atom is -0.490 e. The van der Waals surface area contributed by atoms with Crippen LogP contribution in [0.25, 0.3) is 0 Å². The van der Waals surface area contributed by atoms with Gasteiger partial charge in [0.1, 0.15) is 5.75 Å². The number of nitrogens with zero attached hydrogens (tertiary/aromatic N) is 2. The lowest BCUT2D eigenvalue weighted by atomic mass is 10.2. The second-order valence-corrected chi connectivity index (χ2v) is 4.70. The lowest BCUT2D eigenvalue weighted by Gasteiger charge is -2.13. The highest BCUT2D eigenvalue weighted by Crippen LogP contribution is 2.20. The SMILES string of the molecule is Cc1cnc(NC(=O)c2ccccc2OC(C)C)nc1. The number of benzene rings is 1. The summed E-state index contributed by atoms with van der Waals surface area (Å²) in [6.07, 6.45) is 3.30. The van der Waals surface area contributed by atoms with Gasteiger partial charge in [0.25, 0.3) is 5.91 Å². The van der Waals surface area contributed by atoms with Crippen LogP contribution in [-0.2, 0) is 0 Å². The molecule has 0 saturated heterocycles. The van der Waals surface area contributed by atoms with E-state index >= 15 is 0 Å². The van der Waals surface area contributed by atoms with E-state index in [-0.39, 0.29) is 18.0 Å². The summed E-state index contributed by atoms with van der Waals surface area (Å²) in [7, 11) is 0. The van der Waals surface area contributed by atoms with Crippen molar-refractivity contribution in [2.24, 2.45) is 0 Å². The molecule has 104 valence electrons. The molecule has 2 aromatic rings. The first-order chi connectivity index (χ1) is 9.56. The molecule has 5 heteroatoms. The number of aryl methyl sites for hydroxylation is 1. The molecule has 0 radical (unpaired) electrons. The van der Waals surface area contributed by atoms with Gasteiger partial charge in [0, 0.05) is 12.4 Å². The van der Waals surface area contributed by atoms with Crippen molar-refractivity contribution in [1.29, 1.82) is 0 Å². The highest BCUT2D eigenvalue weighted by Gasteiger charge is 2.14. The molecule has 1 aromatic carbocycles. The Hall–Kier alpha value is -2.43. The van der Waals surface area contributed by atoms with Gasteiger partial charge in [-0.1, -0.05) is 12.1 Å². The molecule has 0 bridgehead atoms. The fourth-order valence-electron chi connectivity index (χ4n) is 1.64. The molecule has 0 fully saturated rings. The summed E-state index contributed by atoms with van der Waals surface area (Å²) < 4.78 is 5.62. The third-order valence-electron chi connectivity index (χ3n) is 2.50. The fourth-order valence-corrected chi connectivity index (χ4v) is 1.64. The summed E-state index contributed by atoms with van der Waals surface area (Å²) >= 11 is 0. The van der Waals surface area contributed by atoms with Gasteiger partial charge in [0.15, 0.2) is 0 Å². The normalized spacial score (nSPS) is 10.4. The lowest BCUT2D eigenvalue weighted by molar-refractivity contribution is 0.102. The van der Waals surface area contributed by atoms with Crippen molar-refractivity contribution in [2.75, 3.05) is 5.32 Å². The van der Waals surface area contributed by atoms with Crippen LogP contribution in [0, 0.1) is 6.92 Å². The number of hydrogen-bond acceptors (Lipinski definition) is 4. The van der Waals surface area contributed by atoms with Gasteiger partial charge in [-0.05, 0) is 38.5 Å². The maximum atomic E-state index is 12.2. The van der Waals surface area contributed by atoms with Crippen LogP contribution in [0.5, 0.6) is 5.75 Å². The lowest BCUT2D eigenvalue weighted by Crippen LogP contribution is -2.17. The monoisotopic (exact) mass is 271 g/mol. The summed E-state index contributed by atoms with van der Waals surface area (Å²) in [6.45, 7) is 5.72. The Morgan fingerprint density at radius 1 is 1.20 bits per heavy atom. The van der Waals surface area contributed by atoms with E-state index in [9.17, 15) is 4.79 Å². The molecule has 5 nitrogen and oxygen atoms in total. The van der Waals surface area contributed by atoms with E-state index in [1.165, 1.54) is 0 Å². The summed E-state index contributed by atoms with van der Waals surface area (Å²) in [4.78, 5) is 20.3. The Morgan fingerprint density at radius 2 is 1.85 bits per heavy atom. The topological polar surface area (TPSA) is 64.1 Å². The second-order valence-electron chi connectivity index (χ2n) is 4.70. The van der Waals surface area contributed by atoms with Crippen LogP contribution in [0.3, 0.4) is 0 Å². The molecule has 1 amide bonds. The van der Waals surface area contributed by atoms with Crippen molar-refractivity contribution in [3.63, 3.8) is 0 Å². The molecule has 1 heterocycles. The number of nitrogens with one attached hydrogen (secondary N) is 1. The molecule has 0 atom stereocenters. The van der Waals surface area contributed by atoms with Gasteiger partial charge < -0.3 is 4.74 Å². The zero-order valence-electron chi connectivity index (χ0n) is 11.8. The average molecular weight is 271 g/mol. The van der Waals surface area contributed by atoms with E-state index in [1.807, 2.05) is 26.8 Å².